The van der Waals surface area contributed by atoms with Crippen molar-refractivity contribution < 1.29 is 17.6 Å². The van der Waals surface area contributed by atoms with Crippen molar-refractivity contribution in [3.8, 4) is 0 Å². The normalized spacial score (nSPS) is 12.9. The molecule has 0 spiro atoms. The van der Waals surface area contributed by atoms with Crippen molar-refractivity contribution >= 4 is 26.9 Å². The van der Waals surface area contributed by atoms with Gasteiger partial charge in [0, 0.05) is 31.2 Å². The summed E-state index contributed by atoms with van der Waals surface area (Å²) in [5.41, 5.74) is -0.00729. The summed E-state index contributed by atoms with van der Waals surface area (Å²) in [6.45, 7) is 15.4. The van der Waals surface area contributed by atoms with Gasteiger partial charge in [0.1, 0.15) is 11.1 Å². The van der Waals surface area contributed by atoms with Crippen LogP contribution in [0.15, 0.2) is 52.4 Å². The second-order valence-electron chi connectivity index (χ2n) is 10.4. The van der Waals surface area contributed by atoms with Gasteiger partial charge >= 0.3 is 0 Å². The Hall–Kier alpha value is -2.65. The number of sulfonamides is 1. The molecule has 3 aromatic rings. The van der Waals surface area contributed by atoms with Gasteiger partial charge in [-0.15, -0.1) is 0 Å². The fourth-order valence-corrected chi connectivity index (χ4v) is 6.09. The number of aryl methyl sites for hydroxylation is 1. The second-order valence-corrected chi connectivity index (χ2v) is 12.2. The van der Waals surface area contributed by atoms with E-state index in [0.717, 1.165) is 5.69 Å². The second kappa shape index (κ2) is 10.5. The number of amides is 1. The molecule has 9 heteroatoms. The average Bonchev–Trinajstić information content (AvgIpc) is 3.43. The van der Waals surface area contributed by atoms with Crippen molar-refractivity contribution in [1.29, 1.82) is 0 Å². The van der Waals surface area contributed by atoms with Crippen LogP contribution in [-0.2, 0) is 27.9 Å². The maximum Gasteiger partial charge on any atom is 0.244 e. The molecule has 0 aliphatic rings. The van der Waals surface area contributed by atoms with Gasteiger partial charge in [-0.25, -0.2) is 13.4 Å². The Morgan fingerprint density at radius 1 is 1.11 bits per heavy atom. The van der Waals surface area contributed by atoms with Crippen LogP contribution in [-0.4, -0.2) is 51.7 Å². The summed E-state index contributed by atoms with van der Waals surface area (Å²) < 4.78 is 36.9. The summed E-state index contributed by atoms with van der Waals surface area (Å²) in [6, 6.07) is 6.51. The van der Waals surface area contributed by atoms with Crippen LogP contribution in [0.4, 0.5) is 0 Å². The van der Waals surface area contributed by atoms with E-state index in [9.17, 15) is 13.2 Å². The SMILES string of the molecule is CCn1cncc1CN(C(C)(C)C(=O)N(CC(C)C)CC(C)C)S(=O)(=O)c1ccc2occc2c1. The quantitative estimate of drug-likeness (QED) is 0.377. The highest BCUT2D eigenvalue weighted by Crippen LogP contribution is 2.31. The largest absolute Gasteiger partial charge is 0.464 e. The molecule has 0 bridgehead atoms. The predicted molar refractivity (Wildman–Crippen MR) is 137 cm³/mol. The molecule has 3 rings (SSSR count). The van der Waals surface area contributed by atoms with Crippen LogP contribution in [0.2, 0.25) is 0 Å². The van der Waals surface area contributed by atoms with E-state index < -0.39 is 15.6 Å². The highest BCUT2D eigenvalue weighted by Gasteiger charge is 2.45. The Kier molecular flexibility index (Phi) is 8.11. The van der Waals surface area contributed by atoms with E-state index in [0.29, 0.717) is 30.6 Å². The first kappa shape index (κ1) is 26.9. The van der Waals surface area contributed by atoms with Crippen molar-refractivity contribution in [2.24, 2.45) is 11.8 Å². The first-order chi connectivity index (χ1) is 16.4. The van der Waals surface area contributed by atoms with Crippen LogP contribution in [0.5, 0.6) is 0 Å². The summed E-state index contributed by atoms with van der Waals surface area (Å²) in [6.07, 6.45) is 4.87. The Morgan fingerprint density at radius 2 is 1.77 bits per heavy atom. The number of benzene rings is 1. The number of hydrogen-bond donors (Lipinski definition) is 0. The standard InChI is InChI=1S/C26H38N4O4S/c1-8-28-18-27-14-22(28)17-30(26(6,7)25(31)29(15-19(2)3)16-20(4)5)35(32,33)23-9-10-24-21(13-23)11-12-34-24/h9-14,18-20H,8,15-17H2,1-7H3. The molecule has 0 saturated heterocycles. The van der Waals surface area contributed by atoms with Crippen molar-refractivity contribution in [3.05, 3.63) is 48.7 Å². The van der Waals surface area contributed by atoms with E-state index in [1.807, 2.05) is 11.5 Å². The minimum Gasteiger partial charge on any atom is -0.464 e. The van der Waals surface area contributed by atoms with Gasteiger partial charge in [-0.2, -0.15) is 4.31 Å². The highest BCUT2D eigenvalue weighted by atomic mass is 32.2. The lowest BCUT2D eigenvalue weighted by Gasteiger charge is -2.40. The van der Waals surface area contributed by atoms with E-state index in [4.69, 9.17) is 4.42 Å². The third-order valence-corrected chi connectivity index (χ3v) is 8.08. The molecule has 192 valence electrons. The van der Waals surface area contributed by atoms with Crippen LogP contribution in [0, 0.1) is 11.8 Å². The monoisotopic (exact) mass is 502 g/mol. The number of aromatic nitrogens is 2. The number of rotatable bonds is 11. The minimum absolute atomic E-state index is 0.0233. The molecule has 0 radical (unpaired) electrons. The van der Waals surface area contributed by atoms with Gasteiger partial charge < -0.3 is 13.9 Å². The van der Waals surface area contributed by atoms with Gasteiger partial charge in [0.05, 0.1) is 29.7 Å². The van der Waals surface area contributed by atoms with Crippen LogP contribution >= 0.6 is 0 Å². The molecule has 2 heterocycles. The molecule has 35 heavy (non-hydrogen) atoms. The van der Waals surface area contributed by atoms with Crippen LogP contribution in [0.3, 0.4) is 0 Å². The molecule has 2 aromatic heterocycles. The van der Waals surface area contributed by atoms with Crippen molar-refractivity contribution in [2.75, 3.05) is 13.1 Å². The molecule has 0 aliphatic heterocycles. The van der Waals surface area contributed by atoms with Gasteiger partial charge in [0.25, 0.3) is 0 Å². The smallest absolute Gasteiger partial charge is 0.244 e. The van der Waals surface area contributed by atoms with Gasteiger partial charge in [-0.1, -0.05) is 27.7 Å². The molecule has 0 unspecified atom stereocenters. The number of furan rings is 1. The maximum absolute atomic E-state index is 14.1. The molecule has 0 fully saturated rings. The lowest BCUT2D eigenvalue weighted by Crippen LogP contribution is -2.58. The minimum atomic E-state index is -4.06. The molecular weight excluding hydrogens is 464 g/mol. The lowest BCUT2D eigenvalue weighted by atomic mass is 10.0. The number of carbonyl (C=O) groups excluding carboxylic acids is 1. The Balaban J connectivity index is 2.11. The molecular formula is C26H38N4O4S. The van der Waals surface area contributed by atoms with Crippen molar-refractivity contribution in [3.63, 3.8) is 0 Å². The van der Waals surface area contributed by atoms with E-state index in [-0.39, 0.29) is 29.2 Å². The zero-order chi connectivity index (χ0) is 26.0. The van der Waals surface area contributed by atoms with E-state index in [1.54, 1.807) is 49.5 Å². The van der Waals surface area contributed by atoms with Gasteiger partial charge in [0.2, 0.25) is 15.9 Å². The van der Waals surface area contributed by atoms with E-state index in [2.05, 4.69) is 32.7 Å². The number of nitrogens with zero attached hydrogens (tertiary/aromatic N) is 4. The van der Waals surface area contributed by atoms with Crippen LogP contribution < -0.4 is 0 Å². The summed E-state index contributed by atoms with van der Waals surface area (Å²) >= 11 is 0. The average molecular weight is 503 g/mol. The van der Waals surface area contributed by atoms with Gasteiger partial charge in [-0.3, -0.25) is 4.79 Å². The molecule has 1 amide bonds. The molecule has 8 nitrogen and oxygen atoms in total. The van der Waals surface area contributed by atoms with Crippen LogP contribution in [0.25, 0.3) is 11.0 Å². The first-order valence-electron chi connectivity index (χ1n) is 12.2. The van der Waals surface area contributed by atoms with E-state index in [1.165, 1.54) is 16.6 Å². The fourth-order valence-electron chi connectivity index (χ4n) is 4.34. The number of imidazole rings is 1. The summed E-state index contributed by atoms with van der Waals surface area (Å²) in [5, 5.41) is 0.690. The van der Waals surface area contributed by atoms with Crippen molar-refractivity contribution in [2.45, 2.75) is 72.0 Å². The predicted octanol–water partition coefficient (Wildman–Crippen LogP) is 4.76. The Morgan fingerprint density at radius 3 is 2.37 bits per heavy atom. The zero-order valence-corrected chi connectivity index (χ0v) is 22.7. The molecule has 1 aromatic carbocycles. The Bertz CT molecular complexity index is 1250. The van der Waals surface area contributed by atoms with Crippen LogP contribution in [0.1, 0.15) is 54.2 Å². The fraction of sp³-hybridized carbons (Fsp3) is 0.538. The molecule has 0 aliphatic carbocycles. The molecule has 0 N–H and O–H groups in total. The molecule has 0 atom stereocenters. The molecule has 0 saturated carbocycles. The topological polar surface area (TPSA) is 88.7 Å². The maximum atomic E-state index is 14.1. The summed E-state index contributed by atoms with van der Waals surface area (Å²) in [4.78, 5) is 20.1. The summed E-state index contributed by atoms with van der Waals surface area (Å²) in [5.74, 6) is 0.294. The van der Waals surface area contributed by atoms with Gasteiger partial charge in [-0.05, 0) is 56.9 Å². The number of fused-ring (bicyclic) bond motifs is 1. The zero-order valence-electron chi connectivity index (χ0n) is 21.9. The van der Waals surface area contributed by atoms with Crippen molar-refractivity contribution in [1.82, 2.24) is 18.8 Å². The Labute approximate surface area is 209 Å². The third kappa shape index (κ3) is 5.78. The number of carbonyl (C=O) groups is 1. The van der Waals surface area contributed by atoms with Gasteiger partial charge in [0.15, 0.2) is 0 Å². The summed E-state index contributed by atoms with van der Waals surface area (Å²) in [7, 11) is -4.06. The lowest BCUT2D eigenvalue weighted by molar-refractivity contribution is -0.141. The highest BCUT2D eigenvalue weighted by molar-refractivity contribution is 7.89. The third-order valence-electron chi connectivity index (χ3n) is 6.06. The number of hydrogen-bond acceptors (Lipinski definition) is 5. The van der Waals surface area contributed by atoms with E-state index >= 15 is 0 Å². The first-order valence-corrected chi connectivity index (χ1v) is 13.6.